The number of methoxy groups -OCH3 is 2. The normalized spacial score (nSPS) is 26.3. The maximum Gasteiger partial charge on any atom is 0.126 e. The molecule has 2 rings (SSSR count). The lowest BCUT2D eigenvalue weighted by atomic mass is 10.0. The van der Waals surface area contributed by atoms with Gasteiger partial charge in [-0.05, 0) is 17.5 Å². The van der Waals surface area contributed by atoms with Crippen molar-refractivity contribution < 1.29 is 9.47 Å². The highest BCUT2D eigenvalue weighted by Gasteiger charge is 2.58. The van der Waals surface area contributed by atoms with Gasteiger partial charge in [0.05, 0.1) is 14.2 Å². The Morgan fingerprint density at radius 3 is 1.88 bits per heavy atom. The fourth-order valence-electron chi connectivity index (χ4n) is 2.42. The van der Waals surface area contributed by atoms with E-state index in [1.807, 2.05) is 18.2 Å². The van der Waals surface area contributed by atoms with E-state index < -0.39 is 0 Å². The van der Waals surface area contributed by atoms with Gasteiger partial charge in [0.2, 0.25) is 0 Å². The van der Waals surface area contributed by atoms with Crippen LogP contribution in [0.3, 0.4) is 0 Å². The molecular weight excluding hydrogens is 202 g/mol. The van der Waals surface area contributed by atoms with Gasteiger partial charge in [-0.1, -0.05) is 19.9 Å². The highest BCUT2D eigenvalue weighted by Crippen LogP contribution is 2.61. The predicted octanol–water partition coefficient (Wildman–Crippen LogP) is 2.15. The van der Waals surface area contributed by atoms with Crippen molar-refractivity contribution >= 4 is 0 Å². The number of hydrogen-bond donors (Lipinski definition) is 1. The van der Waals surface area contributed by atoms with Crippen LogP contribution in [0.2, 0.25) is 0 Å². The van der Waals surface area contributed by atoms with Crippen LogP contribution in [0.15, 0.2) is 18.2 Å². The minimum Gasteiger partial charge on any atom is -0.496 e. The van der Waals surface area contributed by atoms with E-state index >= 15 is 0 Å². The van der Waals surface area contributed by atoms with Crippen LogP contribution in [0.25, 0.3) is 0 Å². The van der Waals surface area contributed by atoms with Crippen molar-refractivity contribution in [1.82, 2.24) is 0 Å². The lowest BCUT2D eigenvalue weighted by Crippen LogP contribution is -2.06. The molecule has 0 amide bonds. The van der Waals surface area contributed by atoms with E-state index in [9.17, 15) is 0 Å². The minimum absolute atomic E-state index is 0.127. The second kappa shape index (κ2) is 3.67. The van der Waals surface area contributed by atoms with Gasteiger partial charge >= 0.3 is 0 Å². The van der Waals surface area contributed by atoms with Crippen LogP contribution in [0.4, 0.5) is 0 Å². The van der Waals surface area contributed by atoms with Gasteiger partial charge in [-0.2, -0.15) is 0 Å². The van der Waals surface area contributed by atoms with Gasteiger partial charge in [0, 0.05) is 17.5 Å². The first-order valence-electron chi connectivity index (χ1n) is 5.50. The van der Waals surface area contributed by atoms with Crippen LogP contribution in [-0.2, 0) is 0 Å². The largest absolute Gasteiger partial charge is 0.496 e. The average molecular weight is 221 g/mol. The van der Waals surface area contributed by atoms with E-state index in [-0.39, 0.29) is 11.5 Å². The van der Waals surface area contributed by atoms with Crippen molar-refractivity contribution in [2.24, 2.45) is 11.1 Å². The SMILES string of the molecule is COc1cccc(OC)c1[C@@H]1[C@@H](N)C1(C)C. The third-order valence-electron chi connectivity index (χ3n) is 3.69. The molecule has 1 aromatic carbocycles. The molecule has 2 atom stereocenters. The van der Waals surface area contributed by atoms with Crippen molar-refractivity contribution in [1.29, 1.82) is 0 Å². The van der Waals surface area contributed by atoms with Crippen LogP contribution in [0.1, 0.15) is 25.3 Å². The summed E-state index contributed by atoms with van der Waals surface area (Å²) in [4.78, 5) is 0. The number of hydrogen-bond acceptors (Lipinski definition) is 3. The highest BCUT2D eigenvalue weighted by molar-refractivity contribution is 5.52. The molecule has 0 aliphatic heterocycles. The quantitative estimate of drug-likeness (QED) is 0.850. The molecule has 0 heterocycles. The Morgan fingerprint density at radius 2 is 1.56 bits per heavy atom. The fourth-order valence-corrected chi connectivity index (χ4v) is 2.42. The smallest absolute Gasteiger partial charge is 0.126 e. The first kappa shape index (κ1) is 11.3. The molecule has 0 aromatic heterocycles. The Bertz CT molecular complexity index is 379. The van der Waals surface area contributed by atoms with Gasteiger partial charge in [0.1, 0.15) is 11.5 Å². The second-order valence-electron chi connectivity index (χ2n) is 4.90. The monoisotopic (exact) mass is 221 g/mol. The summed E-state index contributed by atoms with van der Waals surface area (Å²) in [5.74, 6) is 2.05. The predicted molar refractivity (Wildman–Crippen MR) is 64.0 cm³/mol. The molecule has 0 spiro atoms. The van der Waals surface area contributed by atoms with Crippen molar-refractivity contribution in [3.63, 3.8) is 0 Å². The van der Waals surface area contributed by atoms with Crippen LogP contribution < -0.4 is 15.2 Å². The number of nitrogens with two attached hydrogens (primary N) is 1. The van der Waals surface area contributed by atoms with Gasteiger partial charge in [0.25, 0.3) is 0 Å². The van der Waals surface area contributed by atoms with E-state index in [0.717, 1.165) is 17.1 Å². The van der Waals surface area contributed by atoms with E-state index in [0.29, 0.717) is 5.92 Å². The number of ether oxygens (including phenoxy) is 2. The molecule has 1 aliphatic rings. The molecule has 1 fully saturated rings. The average Bonchev–Trinajstić information content (AvgIpc) is 2.77. The Kier molecular flexibility index (Phi) is 2.58. The Hall–Kier alpha value is -1.22. The summed E-state index contributed by atoms with van der Waals surface area (Å²) in [6.07, 6.45) is 0. The van der Waals surface area contributed by atoms with Crippen LogP contribution in [0.5, 0.6) is 11.5 Å². The molecule has 0 unspecified atom stereocenters. The van der Waals surface area contributed by atoms with E-state index in [2.05, 4.69) is 13.8 Å². The molecule has 88 valence electrons. The van der Waals surface area contributed by atoms with Gasteiger partial charge in [-0.15, -0.1) is 0 Å². The minimum atomic E-state index is 0.127. The lowest BCUT2D eigenvalue weighted by Gasteiger charge is -2.13. The fraction of sp³-hybridized carbons (Fsp3) is 0.538. The Labute approximate surface area is 96.5 Å². The summed E-state index contributed by atoms with van der Waals surface area (Å²) in [5.41, 5.74) is 7.34. The Morgan fingerprint density at radius 1 is 1.12 bits per heavy atom. The molecular formula is C13H19NO2. The zero-order chi connectivity index (χ0) is 11.9. The van der Waals surface area contributed by atoms with Crippen LogP contribution in [-0.4, -0.2) is 20.3 Å². The topological polar surface area (TPSA) is 44.5 Å². The molecule has 3 nitrogen and oxygen atoms in total. The standard InChI is InChI=1S/C13H19NO2/c1-13(2)11(12(13)14)10-8(15-3)6-5-7-9(10)16-4/h5-7,11-12H,14H2,1-4H3/t11-,12-/m1/s1. The maximum atomic E-state index is 6.11. The highest BCUT2D eigenvalue weighted by atomic mass is 16.5. The molecule has 0 saturated heterocycles. The molecule has 2 N–H and O–H groups in total. The molecule has 16 heavy (non-hydrogen) atoms. The zero-order valence-electron chi connectivity index (χ0n) is 10.3. The van der Waals surface area contributed by atoms with Crippen LogP contribution >= 0.6 is 0 Å². The Balaban J connectivity index is 2.47. The van der Waals surface area contributed by atoms with Crippen molar-refractivity contribution in [2.45, 2.75) is 25.8 Å². The van der Waals surface area contributed by atoms with Crippen molar-refractivity contribution in [3.05, 3.63) is 23.8 Å². The van der Waals surface area contributed by atoms with Gasteiger partial charge < -0.3 is 15.2 Å². The third-order valence-corrected chi connectivity index (χ3v) is 3.69. The van der Waals surface area contributed by atoms with Crippen molar-refractivity contribution in [3.8, 4) is 11.5 Å². The number of rotatable bonds is 3. The van der Waals surface area contributed by atoms with Gasteiger partial charge in [0.15, 0.2) is 0 Å². The molecule has 1 aliphatic carbocycles. The lowest BCUT2D eigenvalue weighted by molar-refractivity contribution is 0.382. The van der Waals surface area contributed by atoms with E-state index in [1.54, 1.807) is 14.2 Å². The summed E-state index contributed by atoms with van der Waals surface area (Å²) < 4.78 is 10.8. The molecule has 1 aromatic rings. The third kappa shape index (κ3) is 1.47. The first-order chi connectivity index (χ1) is 7.54. The molecule has 3 heteroatoms. The summed E-state index contributed by atoms with van der Waals surface area (Å²) in [6.45, 7) is 4.35. The summed E-state index contributed by atoms with van der Waals surface area (Å²) in [7, 11) is 3.36. The first-order valence-corrected chi connectivity index (χ1v) is 5.50. The summed E-state index contributed by atoms with van der Waals surface area (Å²) in [5, 5.41) is 0. The molecule has 1 saturated carbocycles. The van der Waals surface area contributed by atoms with Gasteiger partial charge in [-0.25, -0.2) is 0 Å². The van der Waals surface area contributed by atoms with E-state index in [1.165, 1.54) is 0 Å². The summed E-state index contributed by atoms with van der Waals surface area (Å²) in [6, 6.07) is 6.03. The van der Waals surface area contributed by atoms with E-state index in [4.69, 9.17) is 15.2 Å². The molecule has 0 radical (unpaired) electrons. The van der Waals surface area contributed by atoms with Crippen LogP contribution in [0, 0.1) is 5.41 Å². The zero-order valence-corrected chi connectivity index (χ0v) is 10.3. The van der Waals surface area contributed by atoms with Gasteiger partial charge in [-0.3, -0.25) is 0 Å². The summed E-state index contributed by atoms with van der Waals surface area (Å²) >= 11 is 0. The number of benzene rings is 1. The second-order valence-corrected chi connectivity index (χ2v) is 4.90. The molecule has 0 bridgehead atoms. The van der Waals surface area contributed by atoms with Crippen molar-refractivity contribution in [2.75, 3.05) is 14.2 Å². The maximum absolute atomic E-state index is 6.11.